The van der Waals surface area contributed by atoms with Gasteiger partial charge in [0.2, 0.25) is 5.71 Å². The van der Waals surface area contributed by atoms with Crippen LogP contribution in [0.4, 0.5) is 4.39 Å². The minimum atomic E-state index is -1.30. The number of aromatic nitrogens is 4. The Hall–Kier alpha value is -6.82. The van der Waals surface area contributed by atoms with Gasteiger partial charge in [-0.05, 0) is 92.5 Å². The van der Waals surface area contributed by atoms with Crippen LogP contribution in [-0.4, -0.2) is 27.6 Å². The van der Waals surface area contributed by atoms with E-state index in [1.807, 2.05) is 42.6 Å². The molecule has 0 atom stereocenters. The van der Waals surface area contributed by atoms with Gasteiger partial charge in [-0.3, -0.25) is 9.37 Å². The SMILES string of the molecule is CC(C)c1cc(-c2ccc(-c3ccccc3)cc2)cc(C(C)C)c1-n1c(-c2[c-]ccc3c2oc2nc(C#N)ccc23)nc2ccccc21.C[Si](C)(C)c1ccc(-c2[c-]cc(F)cc2)nc1.[Ir]. The van der Waals surface area contributed by atoms with E-state index in [1.54, 1.807) is 12.1 Å². The summed E-state index contributed by atoms with van der Waals surface area (Å²) in [6.07, 6.45) is 1.93. The number of halogens is 1. The third-order valence-corrected chi connectivity index (χ3v) is 13.9. The number of pyridine rings is 2. The number of nitrogens with zero attached hydrogens (tertiary/aromatic N) is 5. The van der Waals surface area contributed by atoms with E-state index < -0.39 is 8.07 Å². The van der Waals surface area contributed by atoms with Gasteiger partial charge in [0.15, 0.2) is 0 Å². The summed E-state index contributed by atoms with van der Waals surface area (Å²) in [6.45, 7) is 15.9. The number of rotatable bonds is 8. The van der Waals surface area contributed by atoms with Crippen LogP contribution in [0.25, 0.3) is 83.7 Å². The minimum Gasteiger partial charge on any atom is -0.486 e. The molecule has 10 aromatic rings. The van der Waals surface area contributed by atoms with Crippen molar-refractivity contribution in [3.05, 3.63) is 187 Å². The van der Waals surface area contributed by atoms with Crippen LogP contribution in [0.3, 0.4) is 0 Å². The Bertz CT molecular complexity index is 3340. The number of fused-ring (bicyclic) bond motifs is 4. The second-order valence-corrected chi connectivity index (χ2v) is 23.1. The summed E-state index contributed by atoms with van der Waals surface area (Å²) in [4.78, 5) is 14.1. The van der Waals surface area contributed by atoms with Gasteiger partial charge in [-0.25, -0.2) is 4.98 Å². The largest absolute Gasteiger partial charge is 0.486 e. The number of nitriles is 1. The van der Waals surface area contributed by atoms with Crippen LogP contribution in [0.1, 0.15) is 56.4 Å². The second kappa shape index (κ2) is 19.0. The van der Waals surface area contributed by atoms with E-state index in [2.05, 4.69) is 165 Å². The average Bonchev–Trinajstić information content (AvgIpc) is 3.90. The zero-order chi connectivity index (χ0) is 45.4. The van der Waals surface area contributed by atoms with Crippen LogP contribution in [0.5, 0.6) is 0 Å². The van der Waals surface area contributed by atoms with Crippen LogP contribution >= 0.6 is 0 Å². The molecule has 1 radical (unpaired) electrons. The van der Waals surface area contributed by atoms with Gasteiger partial charge in [0.05, 0.1) is 30.5 Å². The summed E-state index contributed by atoms with van der Waals surface area (Å²) >= 11 is 0. The van der Waals surface area contributed by atoms with Crippen molar-refractivity contribution < 1.29 is 28.9 Å². The quantitative estimate of drug-likeness (QED) is 0.112. The monoisotopic (exact) mass is 1060 g/mol. The molecule has 0 aliphatic carbocycles. The molecular formula is C57H48FIrN5OSi-2. The average molecular weight is 1060 g/mol. The molecular weight excluding hydrogens is 1010 g/mol. The molecule has 9 heteroatoms. The topological polar surface area (TPSA) is 80.5 Å². The summed E-state index contributed by atoms with van der Waals surface area (Å²) in [5, 5.41) is 12.6. The van der Waals surface area contributed by atoms with Crippen molar-refractivity contribution in [2.24, 2.45) is 0 Å². The summed E-state index contributed by atoms with van der Waals surface area (Å²) in [6, 6.07) is 56.9. The second-order valence-electron chi connectivity index (χ2n) is 18.0. The van der Waals surface area contributed by atoms with E-state index in [9.17, 15) is 9.65 Å². The Morgan fingerprint density at radius 2 is 1.36 bits per heavy atom. The van der Waals surface area contributed by atoms with Crippen molar-refractivity contribution in [2.45, 2.75) is 59.2 Å². The van der Waals surface area contributed by atoms with E-state index in [0.717, 1.165) is 50.1 Å². The standard InChI is InChI=1S/C43H33N4O.C14H15FNSi.Ir/c1-26(2)36-23-31(30-19-17-29(18-20-30)28-11-6-5-7-12-28)24-37(27(3)4)40(36)47-39-16-9-8-15-38(39)46-42(47)35-14-10-13-33-34-22-21-32(25-44)45-43(34)48-41(33)35;1-17(2,3)13-8-9-14(16-10-13)11-4-6-12(15)7-5-11;/h5-13,15-24,26-27H,1-4H3;4,6-10H,1-3H3;/q2*-1;. The molecule has 0 bridgehead atoms. The summed E-state index contributed by atoms with van der Waals surface area (Å²) in [5.41, 5.74) is 14.1. The molecule has 0 aliphatic rings. The van der Waals surface area contributed by atoms with E-state index in [-0.39, 0.29) is 37.8 Å². The number of hydrogen-bond donors (Lipinski definition) is 0. The maximum atomic E-state index is 12.8. The summed E-state index contributed by atoms with van der Waals surface area (Å²) < 4.78 is 21.5. The van der Waals surface area contributed by atoms with Crippen molar-refractivity contribution in [3.8, 4) is 56.7 Å². The molecule has 0 saturated carbocycles. The maximum absolute atomic E-state index is 12.8. The van der Waals surface area contributed by atoms with Gasteiger partial charge in [-0.2, -0.15) is 5.26 Å². The fraction of sp³-hybridized carbons (Fsp3) is 0.158. The molecule has 0 spiro atoms. The molecule has 66 heavy (non-hydrogen) atoms. The predicted molar refractivity (Wildman–Crippen MR) is 266 cm³/mol. The maximum Gasteiger partial charge on any atom is 0.217 e. The number of para-hydroxylation sites is 2. The first-order chi connectivity index (χ1) is 31.4. The zero-order valence-corrected chi connectivity index (χ0v) is 41.3. The van der Waals surface area contributed by atoms with Gasteiger partial charge in [0.25, 0.3) is 0 Å². The van der Waals surface area contributed by atoms with Crippen LogP contribution in [0.15, 0.2) is 156 Å². The molecule has 0 N–H and O–H groups in total. The van der Waals surface area contributed by atoms with Gasteiger partial charge in [-0.1, -0.05) is 137 Å². The van der Waals surface area contributed by atoms with Crippen LogP contribution in [0, 0.1) is 29.3 Å². The van der Waals surface area contributed by atoms with Crippen molar-refractivity contribution in [2.75, 3.05) is 0 Å². The first kappa shape index (κ1) is 45.7. The van der Waals surface area contributed by atoms with Gasteiger partial charge >= 0.3 is 0 Å². The molecule has 4 aromatic heterocycles. The molecule has 329 valence electrons. The number of furan rings is 1. The smallest absolute Gasteiger partial charge is 0.217 e. The van der Waals surface area contributed by atoms with Gasteiger partial charge in [-0.15, -0.1) is 48.0 Å². The fourth-order valence-electron chi connectivity index (χ4n) is 8.30. The Morgan fingerprint density at radius 3 is 1.98 bits per heavy atom. The number of imidazole rings is 1. The molecule has 0 unspecified atom stereocenters. The number of hydrogen-bond acceptors (Lipinski definition) is 5. The van der Waals surface area contributed by atoms with Crippen molar-refractivity contribution in [1.29, 1.82) is 5.26 Å². The van der Waals surface area contributed by atoms with E-state index in [1.165, 1.54) is 50.7 Å². The van der Waals surface area contributed by atoms with Gasteiger partial charge in [0.1, 0.15) is 11.8 Å². The summed E-state index contributed by atoms with van der Waals surface area (Å²) in [7, 11) is -1.30. The van der Waals surface area contributed by atoms with E-state index in [4.69, 9.17) is 9.40 Å². The van der Waals surface area contributed by atoms with Crippen molar-refractivity contribution in [3.63, 3.8) is 0 Å². The molecule has 4 heterocycles. The zero-order valence-electron chi connectivity index (χ0n) is 37.9. The van der Waals surface area contributed by atoms with Crippen LogP contribution in [0.2, 0.25) is 19.6 Å². The van der Waals surface area contributed by atoms with Crippen LogP contribution in [-0.2, 0) is 20.1 Å². The predicted octanol–water partition coefficient (Wildman–Crippen LogP) is 14.5. The van der Waals surface area contributed by atoms with Crippen molar-refractivity contribution >= 4 is 46.4 Å². The molecule has 6 aromatic carbocycles. The van der Waals surface area contributed by atoms with E-state index in [0.29, 0.717) is 17.0 Å². The molecule has 6 nitrogen and oxygen atoms in total. The molecule has 0 fully saturated rings. The Labute approximate surface area is 400 Å². The Morgan fingerprint density at radius 1 is 0.697 bits per heavy atom. The Kier molecular flexibility index (Phi) is 13.1. The Balaban J connectivity index is 0.000000278. The first-order valence-corrected chi connectivity index (χ1v) is 25.5. The summed E-state index contributed by atoms with van der Waals surface area (Å²) in [5.74, 6) is 0.946. The van der Waals surface area contributed by atoms with E-state index >= 15 is 0 Å². The third-order valence-electron chi connectivity index (χ3n) is 11.8. The fourth-order valence-corrected chi connectivity index (χ4v) is 9.34. The minimum absolute atomic E-state index is 0. The third kappa shape index (κ3) is 9.05. The normalized spacial score (nSPS) is 11.5. The molecule has 10 rings (SSSR count). The molecule has 0 amide bonds. The van der Waals surface area contributed by atoms with Crippen LogP contribution < -0.4 is 5.19 Å². The molecule has 0 saturated heterocycles. The van der Waals surface area contributed by atoms with Gasteiger partial charge < -0.3 is 14.0 Å². The number of benzene rings is 6. The van der Waals surface area contributed by atoms with Gasteiger partial charge in [0, 0.05) is 43.2 Å². The first-order valence-electron chi connectivity index (χ1n) is 22.0. The molecule has 0 aliphatic heterocycles. The van der Waals surface area contributed by atoms with Crippen molar-refractivity contribution in [1.82, 2.24) is 19.5 Å².